The van der Waals surface area contributed by atoms with Crippen LogP contribution in [-0.4, -0.2) is 59.3 Å². The molecule has 0 radical (unpaired) electrons. The number of aryl methyl sites for hydroxylation is 1. The Morgan fingerprint density at radius 2 is 1.38 bits per heavy atom. The maximum Gasteiger partial charge on any atom is 0.305 e. The van der Waals surface area contributed by atoms with Crippen LogP contribution < -0.4 is 16.0 Å². The molecule has 10 nitrogen and oxygen atoms in total. The number of nitrogens with one attached hydrogen (secondary N) is 3. The van der Waals surface area contributed by atoms with Gasteiger partial charge < -0.3 is 25.8 Å². The van der Waals surface area contributed by atoms with Crippen molar-refractivity contribution in [3.05, 3.63) is 71.8 Å². The molecule has 2 rings (SSSR count). The van der Waals surface area contributed by atoms with Crippen molar-refractivity contribution in [2.24, 2.45) is 5.92 Å². The van der Waals surface area contributed by atoms with Crippen molar-refractivity contribution in [3.8, 4) is 0 Å². The second-order valence-electron chi connectivity index (χ2n) is 9.61. The third kappa shape index (κ3) is 11.5. The Labute approximate surface area is 228 Å². The van der Waals surface area contributed by atoms with Gasteiger partial charge in [-0.05, 0) is 30.4 Å². The third-order valence-electron chi connectivity index (χ3n) is 5.94. The normalized spacial score (nSPS) is 13.1. The first-order valence-electron chi connectivity index (χ1n) is 12.9. The van der Waals surface area contributed by atoms with Crippen molar-refractivity contribution in [2.45, 2.75) is 64.8 Å². The minimum absolute atomic E-state index is 0.153. The standard InChI is InChI=1S/C29H37N3O7/c1-19(2)27(32-25(34)15-14-21-10-6-4-7-11-21)29(38)30-20(3)28(37)31-23(16-26(35)36)24(33)18-39-17-22-12-8-5-9-13-22/h4-13,19-20,23,27H,14-18H2,1-3H3,(H,30,38)(H,31,37)(H,32,34)(H,35,36)/t20-,23?,27-/m0/s1. The molecule has 0 fully saturated rings. The molecule has 1 unspecified atom stereocenters. The fraction of sp³-hybridized carbons (Fsp3) is 0.414. The molecular formula is C29H37N3O7. The topological polar surface area (TPSA) is 151 Å². The zero-order chi connectivity index (χ0) is 28.8. The molecule has 39 heavy (non-hydrogen) atoms. The molecule has 3 atom stereocenters. The van der Waals surface area contributed by atoms with Crippen LogP contribution in [0.25, 0.3) is 0 Å². The van der Waals surface area contributed by atoms with Gasteiger partial charge in [-0.1, -0.05) is 74.5 Å². The summed E-state index contributed by atoms with van der Waals surface area (Å²) in [6.07, 6.45) is 0.0832. The fourth-order valence-corrected chi connectivity index (χ4v) is 3.71. The van der Waals surface area contributed by atoms with Crippen molar-refractivity contribution >= 4 is 29.5 Å². The molecular weight excluding hydrogens is 502 g/mol. The minimum Gasteiger partial charge on any atom is -0.481 e. The highest BCUT2D eigenvalue weighted by atomic mass is 16.5. The van der Waals surface area contributed by atoms with Crippen molar-refractivity contribution in [1.29, 1.82) is 0 Å². The Hall–Kier alpha value is -4.05. The lowest BCUT2D eigenvalue weighted by Crippen LogP contribution is -2.56. The zero-order valence-corrected chi connectivity index (χ0v) is 22.5. The predicted octanol–water partition coefficient (Wildman–Crippen LogP) is 2.01. The number of rotatable bonds is 16. The molecule has 0 aliphatic heterocycles. The van der Waals surface area contributed by atoms with Crippen molar-refractivity contribution in [1.82, 2.24) is 16.0 Å². The van der Waals surface area contributed by atoms with E-state index < -0.39 is 54.7 Å². The number of ketones is 1. The van der Waals surface area contributed by atoms with E-state index in [2.05, 4.69) is 16.0 Å². The number of ether oxygens (including phenoxy) is 1. The van der Waals surface area contributed by atoms with Crippen molar-refractivity contribution < 1.29 is 33.8 Å². The highest BCUT2D eigenvalue weighted by Gasteiger charge is 2.29. The van der Waals surface area contributed by atoms with Crippen LogP contribution in [0.5, 0.6) is 0 Å². The lowest BCUT2D eigenvalue weighted by Gasteiger charge is -2.25. The number of carbonyl (C=O) groups excluding carboxylic acids is 4. The molecule has 2 aromatic carbocycles. The van der Waals surface area contributed by atoms with Gasteiger partial charge in [-0.3, -0.25) is 24.0 Å². The van der Waals surface area contributed by atoms with E-state index in [9.17, 15) is 29.1 Å². The average molecular weight is 540 g/mol. The molecule has 0 bridgehead atoms. The van der Waals surface area contributed by atoms with Crippen LogP contribution in [0.2, 0.25) is 0 Å². The van der Waals surface area contributed by atoms with E-state index in [4.69, 9.17) is 4.74 Å². The number of benzene rings is 2. The molecule has 0 spiro atoms. The number of carboxylic acid groups (broad SMARTS) is 1. The summed E-state index contributed by atoms with van der Waals surface area (Å²) in [6, 6.07) is 15.3. The van der Waals surface area contributed by atoms with Crippen LogP contribution in [0.4, 0.5) is 0 Å². The predicted molar refractivity (Wildman–Crippen MR) is 144 cm³/mol. The molecule has 10 heteroatoms. The summed E-state index contributed by atoms with van der Waals surface area (Å²) in [5.41, 5.74) is 1.84. The number of carbonyl (C=O) groups is 5. The van der Waals surface area contributed by atoms with E-state index in [0.29, 0.717) is 6.42 Å². The summed E-state index contributed by atoms with van der Waals surface area (Å²) >= 11 is 0. The molecule has 0 saturated heterocycles. The van der Waals surface area contributed by atoms with Gasteiger partial charge in [0, 0.05) is 6.42 Å². The summed E-state index contributed by atoms with van der Waals surface area (Å²) in [4.78, 5) is 62.0. The van der Waals surface area contributed by atoms with Crippen molar-refractivity contribution in [3.63, 3.8) is 0 Å². The molecule has 0 aliphatic rings. The van der Waals surface area contributed by atoms with Gasteiger partial charge in [-0.2, -0.15) is 0 Å². The van der Waals surface area contributed by atoms with Gasteiger partial charge in [0.25, 0.3) is 0 Å². The number of carboxylic acids is 1. The smallest absolute Gasteiger partial charge is 0.305 e. The highest BCUT2D eigenvalue weighted by Crippen LogP contribution is 2.07. The lowest BCUT2D eigenvalue weighted by atomic mass is 10.0. The first-order valence-corrected chi connectivity index (χ1v) is 12.9. The highest BCUT2D eigenvalue weighted by molar-refractivity contribution is 5.96. The lowest BCUT2D eigenvalue weighted by molar-refractivity contribution is -0.141. The van der Waals surface area contributed by atoms with Crippen LogP contribution in [0.3, 0.4) is 0 Å². The van der Waals surface area contributed by atoms with E-state index in [1.807, 2.05) is 60.7 Å². The number of aliphatic carboxylic acids is 1. The molecule has 2 aromatic rings. The number of Topliss-reactive ketones (excluding diaryl/α,β-unsaturated/α-hetero) is 1. The minimum atomic E-state index is -1.33. The van der Waals surface area contributed by atoms with E-state index in [-0.39, 0.29) is 24.9 Å². The van der Waals surface area contributed by atoms with E-state index in [1.54, 1.807) is 13.8 Å². The molecule has 0 aromatic heterocycles. The first-order chi connectivity index (χ1) is 18.6. The molecule has 0 saturated carbocycles. The van der Waals surface area contributed by atoms with E-state index in [1.165, 1.54) is 6.92 Å². The summed E-state index contributed by atoms with van der Waals surface area (Å²) in [7, 11) is 0. The van der Waals surface area contributed by atoms with Crippen LogP contribution in [0, 0.1) is 5.92 Å². The summed E-state index contributed by atoms with van der Waals surface area (Å²) < 4.78 is 5.39. The zero-order valence-electron chi connectivity index (χ0n) is 22.5. The average Bonchev–Trinajstić information content (AvgIpc) is 2.90. The second-order valence-corrected chi connectivity index (χ2v) is 9.61. The van der Waals surface area contributed by atoms with Crippen LogP contribution in [-0.2, 0) is 41.7 Å². The van der Waals surface area contributed by atoms with Gasteiger partial charge in [0.05, 0.1) is 13.0 Å². The van der Waals surface area contributed by atoms with Gasteiger partial charge in [-0.25, -0.2) is 0 Å². The third-order valence-corrected chi connectivity index (χ3v) is 5.94. The Morgan fingerprint density at radius 1 is 0.795 bits per heavy atom. The van der Waals surface area contributed by atoms with Gasteiger partial charge >= 0.3 is 5.97 Å². The monoisotopic (exact) mass is 539 g/mol. The van der Waals surface area contributed by atoms with Crippen LogP contribution >= 0.6 is 0 Å². The van der Waals surface area contributed by atoms with Gasteiger partial charge in [0.2, 0.25) is 17.7 Å². The maximum absolute atomic E-state index is 12.9. The second kappa shape index (κ2) is 16.0. The van der Waals surface area contributed by atoms with Crippen molar-refractivity contribution in [2.75, 3.05) is 6.61 Å². The molecule has 0 heterocycles. The Morgan fingerprint density at radius 3 is 1.95 bits per heavy atom. The largest absolute Gasteiger partial charge is 0.481 e. The first kappa shape index (κ1) is 31.2. The molecule has 210 valence electrons. The maximum atomic E-state index is 12.9. The molecule has 0 aliphatic carbocycles. The quantitative estimate of drug-likeness (QED) is 0.255. The van der Waals surface area contributed by atoms with E-state index >= 15 is 0 Å². The Bertz CT molecular complexity index is 1110. The fourth-order valence-electron chi connectivity index (χ4n) is 3.71. The van der Waals surface area contributed by atoms with Gasteiger partial charge in [0.15, 0.2) is 5.78 Å². The van der Waals surface area contributed by atoms with E-state index in [0.717, 1.165) is 11.1 Å². The van der Waals surface area contributed by atoms with Gasteiger partial charge in [-0.15, -0.1) is 0 Å². The SMILES string of the molecule is CC(C)[C@H](NC(=O)CCc1ccccc1)C(=O)N[C@@H](C)C(=O)NC(CC(=O)O)C(=O)COCc1ccccc1. The van der Waals surface area contributed by atoms with Crippen LogP contribution in [0.1, 0.15) is 44.7 Å². The number of hydrogen-bond acceptors (Lipinski definition) is 6. The summed E-state index contributed by atoms with van der Waals surface area (Å²) in [5, 5.41) is 16.9. The Kier molecular flexibility index (Phi) is 12.8. The van der Waals surface area contributed by atoms with Gasteiger partial charge in [0.1, 0.15) is 24.7 Å². The summed E-state index contributed by atoms with van der Waals surface area (Å²) in [5.74, 6) is -3.73. The number of amides is 3. The number of hydrogen-bond donors (Lipinski definition) is 4. The Balaban J connectivity index is 1.90. The summed E-state index contributed by atoms with van der Waals surface area (Å²) in [6.45, 7) is 4.71. The van der Waals surface area contributed by atoms with Crippen LogP contribution in [0.15, 0.2) is 60.7 Å². The molecule has 3 amide bonds. The molecule has 4 N–H and O–H groups in total.